The van der Waals surface area contributed by atoms with Gasteiger partial charge in [0, 0.05) is 12.1 Å². The zero-order valence-electron chi connectivity index (χ0n) is 14.9. The van der Waals surface area contributed by atoms with Crippen molar-refractivity contribution in [2.75, 3.05) is 13.7 Å². The standard InChI is InChI=1S/C18H21N3O5/c1-11-15(8-9-17(23)25-3)12(2)21(20-11)14-6-4-13(5-7-14)18(24)26-10-16(19)22/h4-7H,8-10H2,1-3H3,(H2,19,22). The predicted molar refractivity (Wildman–Crippen MR) is 92.9 cm³/mol. The van der Waals surface area contributed by atoms with E-state index in [-0.39, 0.29) is 12.4 Å². The largest absolute Gasteiger partial charge is 0.469 e. The lowest BCUT2D eigenvalue weighted by molar-refractivity contribution is -0.140. The van der Waals surface area contributed by atoms with Gasteiger partial charge in [-0.3, -0.25) is 9.59 Å². The van der Waals surface area contributed by atoms with Crippen LogP contribution in [0.15, 0.2) is 24.3 Å². The minimum absolute atomic E-state index is 0.268. The highest BCUT2D eigenvalue weighted by Gasteiger charge is 2.15. The number of methoxy groups -OCH3 is 1. The summed E-state index contributed by atoms with van der Waals surface area (Å²) in [5, 5.41) is 4.51. The molecule has 0 bridgehead atoms. The van der Waals surface area contributed by atoms with Crippen molar-refractivity contribution in [1.29, 1.82) is 0 Å². The van der Waals surface area contributed by atoms with Gasteiger partial charge in [0.15, 0.2) is 6.61 Å². The third kappa shape index (κ3) is 4.47. The first kappa shape index (κ1) is 19.2. The van der Waals surface area contributed by atoms with Crippen LogP contribution in [0.3, 0.4) is 0 Å². The van der Waals surface area contributed by atoms with Gasteiger partial charge >= 0.3 is 11.9 Å². The number of ether oxygens (including phenoxy) is 2. The summed E-state index contributed by atoms with van der Waals surface area (Å²) in [4.78, 5) is 33.8. The van der Waals surface area contributed by atoms with Crippen molar-refractivity contribution in [1.82, 2.24) is 9.78 Å². The number of aryl methyl sites for hydroxylation is 1. The summed E-state index contributed by atoms with van der Waals surface area (Å²) in [5.74, 6) is -1.60. The molecule has 0 aliphatic carbocycles. The third-order valence-corrected chi connectivity index (χ3v) is 3.94. The van der Waals surface area contributed by atoms with Crippen molar-refractivity contribution >= 4 is 17.8 Å². The quantitative estimate of drug-likeness (QED) is 0.744. The van der Waals surface area contributed by atoms with Crippen LogP contribution in [-0.4, -0.2) is 41.3 Å². The lowest BCUT2D eigenvalue weighted by Crippen LogP contribution is -2.20. The summed E-state index contributed by atoms with van der Waals surface area (Å²) in [6, 6.07) is 6.63. The van der Waals surface area contributed by atoms with E-state index in [9.17, 15) is 14.4 Å². The van der Waals surface area contributed by atoms with Crippen LogP contribution >= 0.6 is 0 Å². The Balaban J connectivity index is 2.17. The molecule has 138 valence electrons. The van der Waals surface area contributed by atoms with E-state index in [2.05, 4.69) is 9.84 Å². The molecule has 0 radical (unpaired) electrons. The van der Waals surface area contributed by atoms with E-state index in [1.54, 1.807) is 28.9 Å². The molecule has 26 heavy (non-hydrogen) atoms. The molecule has 1 amide bonds. The number of hydrogen-bond donors (Lipinski definition) is 1. The summed E-state index contributed by atoms with van der Waals surface area (Å²) in [7, 11) is 1.36. The van der Waals surface area contributed by atoms with Gasteiger partial charge in [0.1, 0.15) is 0 Å². The van der Waals surface area contributed by atoms with Crippen molar-refractivity contribution in [2.45, 2.75) is 26.7 Å². The molecule has 1 heterocycles. The molecule has 0 fully saturated rings. The number of rotatable bonds is 7. The van der Waals surface area contributed by atoms with Gasteiger partial charge in [0.25, 0.3) is 5.91 Å². The number of nitrogens with two attached hydrogens (primary N) is 1. The number of nitrogens with zero attached hydrogens (tertiary/aromatic N) is 2. The summed E-state index contributed by atoms with van der Waals surface area (Å²) in [5.41, 5.74) is 8.75. The van der Waals surface area contributed by atoms with Crippen LogP contribution in [-0.2, 0) is 25.5 Å². The van der Waals surface area contributed by atoms with Crippen molar-refractivity contribution in [2.24, 2.45) is 5.73 Å². The molecular weight excluding hydrogens is 338 g/mol. The lowest BCUT2D eigenvalue weighted by Gasteiger charge is -2.07. The van der Waals surface area contributed by atoms with Crippen LogP contribution in [0.25, 0.3) is 5.69 Å². The lowest BCUT2D eigenvalue weighted by atomic mass is 10.1. The van der Waals surface area contributed by atoms with E-state index < -0.39 is 18.5 Å². The first-order valence-corrected chi connectivity index (χ1v) is 8.01. The van der Waals surface area contributed by atoms with Crippen LogP contribution in [0.5, 0.6) is 0 Å². The van der Waals surface area contributed by atoms with Crippen molar-refractivity contribution in [3.63, 3.8) is 0 Å². The number of benzene rings is 1. The molecule has 8 nitrogen and oxygen atoms in total. The maximum absolute atomic E-state index is 11.8. The Kier molecular flexibility index (Phi) is 6.11. The van der Waals surface area contributed by atoms with E-state index >= 15 is 0 Å². The highest BCUT2D eigenvalue weighted by atomic mass is 16.5. The SMILES string of the molecule is COC(=O)CCc1c(C)nn(-c2ccc(C(=O)OCC(N)=O)cc2)c1C. The summed E-state index contributed by atoms with van der Waals surface area (Å²) in [6.07, 6.45) is 0.830. The zero-order valence-corrected chi connectivity index (χ0v) is 14.9. The first-order valence-electron chi connectivity index (χ1n) is 8.01. The molecule has 2 N–H and O–H groups in total. The Morgan fingerprint density at radius 3 is 2.38 bits per heavy atom. The molecule has 0 spiro atoms. The van der Waals surface area contributed by atoms with Crippen LogP contribution in [0.1, 0.15) is 33.7 Å². The third-order valence-electron chi connectivity index (χ3n) is 3.94. The fourth-order valence-electron chi connectivity index (χ4n) is 2.58. The maximum atomic E-state index is 11.8. The van der Waals surface area contributed by atoms with Gasteiger partial charge in [0.2, 0.25) is 0 Å². The van der Waals surface area contributed by atoms with Gasteiger partial charge in [-0.05, 0) is 50.1 Å². The second-order valence-electron chi connectivity index (χ2n) is 5.73. The second-order valence-corrected chi connectivity index (χ2v) is 5.73. The Morgan fingerprint density at radius 1 is 1.15 bits per heavy atom. The van der Waals surface area contributed by atoms with Crippen LogP contribution in [0, 0.1) is 13.8 Å². The zero-order chi connectivity index (χ0) is 19.3. The highest BCUT2D eigenvalue weighted by molar-refractivity contribution is 5.91. The van der Waals surface area contributed by atoms with E-state index in [1.165, 1.54) is 7.11 Å². The summed E-state index contributed by atoms with van der Waals surface area (Å²) < 4.78 is 11.2. The second kappa shape index (κ2) is 8.28. The Morgan fingerprint density at radius 2 is 1.81 bits per heavy atom. The van der Waals surface area contributed by atoms with Crippen LogP contribution < -0.4 is 5.73 Å². The Labute approximate surface area is 150 Å². The smallest absolute Gasteiger partial charge is 0.338 e. The number of carbonyl (C=O) groups excluding carboxylic acids is 3. The minimum atomic E-state index is -0.711. The molecule has 1 aromatic heterocycles. The monoisotopic (exact) mass is 359 g/mol. The first-order chi connectivity index (χ1) is 12.3. The van der Waals surface area contributed by atoms with Crippen LogP contribution in [0.2, 0.25) is 0 Å². The Bertz CT molecular complexity index is 824. The molecule has 0 aliphatic rings. The average molecular weight is 359 g/mol. The maximum Gasteiger partial charge on any atom is 0.338 e. The van der Waals surface area contributed by atoms with E-state index in [4.69, 9.17) is 10.5 Å². The van der Waals surface area contributed by atoms with Gasteiger partial charge in [0.05, 0.1) is 24.1 Å². The fraction of sp³-hybridized carbons (Fsp3) is 0.333. The van der Waals surface area contributed by atoms with Gasteiger partial charge in [-0.25, -0.2) is 9.48 Å². The van der Waals surface area contributed by atoms with Crippen molar-refractivity contribution < 1.29 is 23.9 Å². The van der Waals surface area contributed by atoms with Gasteiger partial charge < -0.3 is 15.2 Å². The number of amides is 1. The van der Waals surface area contributed by atoms with Crippen LogP contribution in [0.4, 0.5) is 0 Å². The van der Waals surface area contributed by atoms with Crippen molar-refractivity contribution in [3.05, 3.63) is 46.8 Å². The number of carbonyl (C=O) groups is 3. The molecule has 0 aliphatic heterocycles. The minimum Gasteiger partial charge on any atom is -0.469 e. The molecule has 2 rings (SSSR count). The number of esters is 2. The van der Waals surface area contributed by atoms with E-state index in [0.29, 0.717) is 12.0 Å². The van der Waals surface area contributed by atoms with Gasteiger partial charge in [-0.15, -0.1) is 0 Å². The van der Waals surface area contributed by atoms with Crippen molar-refractivity contribution in [3.8, 4) is 5.69 Å². The molecule has 0 saturated carbocycles. The average Bonchev–Trinajstić information content (AvgIpc) is 2.91. The van der Waals surface area contributed by atoms with E-state index in [1.807, 2.05) is 13.8 Å². The number of primary amides is 1. The molecule has 0 unspecified atom stereocenters. The molecule has 1 aromatic carbocycles. The Hall–Kier alpha value is -3.16. The predicted octanol–water partition coefficient (Wildman–Crippen LogP) is 1.24. The fourth-order valence-corrected chi connectivity index (χ4v) is 2.58. The highest BCUT2D eigenvalue weighted by Crippen LogP contribution is 2.20. The van der Waals surface area contributed by atoms with Gasteiger partial charge in [-0.2, -0.15) is 5.10 Å². The molecule has 2 aromatic rings. The molecular formula is C18H21N3O5. The van der Waals surface area contributed by atoms with E-state index in [0.717, 1.165) is 22.6 Å². The number of hydrogen-bond acceptors (Lipinski definition) is 6. The molecule has 8 heteroatoms. The molecule has 0 atom stereocenters. The number of aromatic nitrogens is 2. The normalized spacial score (nSPS) is 10.4. The topological polar surface area (TPSA) is 114 Å². The van der Waals surface area contributed by atoms with Gasteiger partial charge in [-0.1, -0.05) is 0 Å². The summed E-state index contributed by atoms with van der Waals surface area (Å²) in [6.45, 7) is 3.34. The molecule has 0 saturated heterocycles. The summed E-state index contributed by atoms with van der Waals surface area (Å²) >= 11 is 0.